The van der Waals surface area contributed by atoms with E-state index in [-0.39, 0.29) is 11.4 Å². The van der Waals surface area contributed by atoms with Crippen LogP contribution in [-0.4, -0.2) is 29.0 Å². The summed E-state index contributed by atoms with van der Waals surface area (Å²) in [6, 6.07) is 12.9. The van der Waals surface area contributed by atoms with Crippen LogP contribution in [-0.2, 0) is 11.3 Å². The molecule has 1 unspecified atom stereocenters. The van der Waals surface area contributed by atoms with Gasteiger partial charge in [-0.2, -0.15) is 5.26 Å². The van der Waals surface area contributed by atoms with Crippen LogP contribution in [0.3, 0.4) is 0 Å². The van der Waals surface area contributed by atoms with Gasteiger partial charge in [-0.3, -0.25) is 4.79 Å². The number of halogens is 2. The molecule has 3 aromatic rings. The van der Waals surface area contributed by atoms with Gasteiger partial charge in [0, 0.05) is 18.3 Å². The minimum absolute atomic E-state index is 0.0790. The van der Waals surface area contributed by atoms with E-state index >= 15 is 0 Å². The molecule has 4 rings (SSSR count). The molecule has 6 N–H and O–H groups in total. The number of nitrogens with one attached hydrogen (secondary N) is 4. The second kappa shape index (κ2) is 17.3. The topological polar surface area (TPSA) is 141 Å². The number of amides is 1. The van der Waals surface area contributed by atoms with Crippen molar-refractivity contribution in [2.24, 2.45) is 5.73 Å². The molecule has 0 radical (unpaired) electrons. The number of nitrogens with two attached hydrogens (primary N) is 1. The molecule has 9 nitrogen and oxygen atoms in total. The van der Waals surface area contributed by atoms with Crippen LogP contribution in [0.15, 0.2) is 73.1 Å². The van der Waals surface area contributed by atoms with Crippen LogP contribution in [0.4, 0.5) is 14.6 Å². The minimum atomic E-state index is -0.930. The zero-order valence-corrected chi connectivity index (χ0v) is 25.9. The number of hydrogen-bond acceptors (Lipinski definition) is 8. The highest BCUT2D eigenvalue weighted by atomic mass is 19.2. The Morgan fingerprint density at radius 3 is 2.42 bits per heavy atom. The van der Waals surface area contributed by atoms with Crippen LogP contribution in [0.1, 0.15) is 74.2 Å². The molecule has 236 valence electrons. The van der Waals surface area contributed by atoms with Crippen molar-refractivity contribution in [3.8, 4) is 6.07 Å². The molecule has 1 amide bonds. The summed E-state index contributed by atoms with van der Waals surface area (Å²) >= 11 is 0. The highest BCUT2D eigenvalue weighted by Gasteiger charge is 2.17. The smallest absolute Gasteiger partial charge is 0.270 e. The number of anilines is 1. The Morgan fingerprint density at radius 2 is 1.87 bits per heavy atom. The van der Waals surface area contributed by atoms with Crippen LogP contribution in [0.25, 0.3) is 11.4 Å². The maximum atomic E-state index is 13.8. The average molecular weight is 615 g/mol. The van der Waals surface area contributed by atoms with E-state index in [0.717, 1.165) is 23.3 Å². The molecule has 1 atom stereocenters. The third kappa shape index (κ3) is 10.3. The average Bonchev–Trinajstić information content (AvgIpc) is 3.64. The van der Waals surface area contributed by atoms with Crippen molar-refractivity contribution in [3.05, 3.63) is 113 Å². The largest absolute Gasteiger partial charge is 0.395 e. The number of nitriles is 1. The standard InChI is InChI=1S/C30H31F2N7O.C4H9N/c1-5-7-27(37-19(4)22-12-13-24(31)25(32)14-22)28-29(36-17-23(15-33)38-28)35-16-20-8-10-21(11-9-20)26(6-2)39-30(40)18(3)34;1-2-4-5-3-1/h6-14,17,19,37H,3,5,16,34H2,1-2,4H3,(H,35,36)(H,39,40);5H,1-4H2/b26-6-,27-7?;. The van der Waals surface area contributed by atoms with E-state index < -0.39 is 23.6 Å². The number of rotatable bonds is 11. The second-order valence-electron chi connectivity index (χ2n) is 10.3. The zero-order chi connectivity index (χ0) is 32.8. The van der Waals surface area contributed by atoms with Gasteiger partial charge in [-0.25, -0.2) is 18.7 Å². The van der Waals surface area contributed by atoms with E-state index in [4.69, 9.17) is 5.73 Å². The Bertz CT molecular complexity index is 1570. The second-order valence-corrected chi connectivity index (χ2v) is 10.3. The highest BCUT2D eigenvalue weighted by molar-refractivity contribution is 5.97. The van der Waals surface area contributed by atoms with E-state index in [1.54, 1.807) is 13.0 Å². The summed E-state index contributed by atoms with van der Waals surface area (Å²) in [5, 5.41) is 21.9. The van der Waals surface area contributed by atoms with E-state index in [1.807, 2.05) is 50.3 Å². The predicted octanol–water partition coefficient (Wildman–Crippen LogP) is 5.66. The summed E-state index contributed by atoms with van der Waals surface area (Å²) in [6.07, 6.45) is 8.46. The Morgan fingerprint density at radius 1 is 1.16 bits per heavy atom. The summed E-state index contributed by atoms with van der Waals surface area (Å²) in [4.78, 5) is 20.8. The summed E-state index contributed by atoms with van der Waals surface area (Å²) < 4.78 is 27.3. The van der Waals surface area contributed by atoms with Crippen molar-refractivity contribution in [1.29, 1.82) is 5.26 Å². The number of carbonyl (C=O) groups is 1. The van der Waals surface area contributed by atoms with Crippen molar-refractivity contribution < 1.29 is 13.6 Å². The lowest BCUT2D eigenvalue weighted by molar-refractivity contribution is -0.116. The molecule has 2 heterocycles. The Hall–Kier alpha value is -5.08. The predicted molar refractivity (Wildman–Crippen MR) is 174 cm³/mol. The molecule has 1 aromatic heterocycles. The van der Waals surface area contributed by atoms with Crippen molar-refractivity contribution in [3.63, 3.8) is 0 Å². The third-order valence-electron chi connectivity index (χ3n) is 6.88. The number of nitrogens with zero attached hydrogens (tertiary/aromatic N) is 3. The van der Waals surface area contributed by atoms with Crippen LogP contribution >= 0.6 is 0 Å². The Kier molecular flexibility index (Phi) is 13.2. The van der Waals surface area contributed by atoms with E-state index in [0.29, 0.717) is 41.4 Å². The number of carbonyl (C=O) groups excluding carboxylic acids is 1. The van der Waals surface area contributed by atoms with Gasteiger partial charge in [-0.1, -0.05) is 56.0 Å². The minimum Gasteiger partial charge on any atom is -0.395 e. The van der Waals surface area contributed by atoms with E-state index in [9.17, 15) is 18.8 Å². The van der Waals surface area contributed by atoms with Crippen LogP contribution in [0.5, 0.6) is 0 Å². The fourth-order valence-corrected chi connectivity index (χ4v) is 4.41. The molecule has 1 aliphatic rings. The quantitative estimate of drug-likeness (QED) is 0.174. The van der Waals surface area contributed by atoms with Crippen molar-refractivity contribution in [2.75, 3.05) is 18.4 Å². The first-order chi connectivity index (χ1) is 21.7. The molecule has 1 aliphatic heterocycles. The van der Waals surface area contributed by atoms with Crippen molar-refractivity contribution in [2.45, 2.75) is 52.6 Å². The lowest BCUT2D eigenvalue weighted by Crippen LogP contribution is -2.26. The first kappa shape index (κ1) is 34.4. The molecule has 0 bridgehead atoms. The van der Waals surface area contributed by atoms with Crippen LogP contribution in [0.2, 0.25) is 0 Å². The number of hydrogen-bond donors (Lipinski definition) is 5. The molecule has 2 aromatic carbocycles. The Labute approximate surface area is 263 Å². The van der Waals surface area contributed by atoms with Gasteiger partial charge in [0.25, 0.3) is 5.91 Å². The van der Waals surface area contributed by atoms with Gasteiger partial charge in [0.05, 0.1) is 17.6 Å². The monoisotopic (exact) mass is 614 g/mol. The highest BCUT2D eigenvalue weighted by Crippen LogP contribution is 2.25. The number of allylic oxidation sites excluding steroid dienone is 2. The van der Waals surface area contributed by atoms with E-state index in [2.05, 4.69) is 37.8 Å². The van der Waals surface area contributed by atoms with Gasteiger partial charge in [-0.05, 0) is 75.0 Å². The SMILES string of the molecule is C1CCNC1.C=C(N)C(=O)N/C(=C\C)c1ccc(CNc2ncc(C#N)nc2C(=CCC)NC(C)c2ccc(F)c(F)c2)cc1. The fraction of sp³-hybridized carbons (Fsp3) is 0.294. The number of benzene rings is 2. The maximum absolute atomic E-state index is 13.8. The molecule has 0 aliphatic carbocycles. The first-order valence-corrected chi connectivity index (χ1v) is 14.8. The molecule has 45 heavy (non-hydrogen) atoms. The van der Waals surface area contributed by atoms with Gasteiger partial charge >= 0.3 is 0 Å². The van der Waals surface area contributed by atoms with Crippen molar-refractivity contribution in [1.82, 2.24) is 25.9 Å². The van der Waals surface area contributed by atoms with Gasteiger partial charge in [0.2, 0.25) is 0 Å². The molecular weight excluding hydrogens is 574 g/mol. The normalized spacial score (nSPS) is 13.6. The van der Waals surface area contributed by atoms with E-state index in [1.165, 1.54) is 38.2 Å². The van der Waals surface area contributed by atoms with Crippen LogP contribution < -0.4 is 27.0 Å². The molecular formula is C34H40F2N8O. The Balaban J connectivity index is 0.00000100. The van der Waals surface area contributed by atoms with Crippen molar-refractivity contribution >= 4 is 23.1 Å². The first-order valence-electron chi connectivity index (χ1n) is 14.8. The summed E-state index contributed by atoms with van der Waals surface area (Å²) in [5.41, 5.74) is 9.41. The maximum Gasteiger partial charge on any atom is 0.270 e. The molecule has 1 fully saturated rings. The lowest BCUT2D eigenvalue weighted by Gasteiger charge is -2.20. The fourth-order valence-electron chi connectivity index (χ4n) is 4.41. The zero-order valence-electron chi connectivity index (χ0n) is 25.9. The van der Waals surface area contributed by atoms with Crippen LogP contribution in [0, 0.1) is 23.0 Å². The molecule has 11 heteroatoms. The summed E-state index contributed by atoms with van der Waals surface area (Å²) in [7, 11) is 0. The van der Waals surface area contributed by atoms with Gasteiger partial charge in [0.1, 0.15) is 11.8 Å². The summed E-state index contributed by atoms with van der Waals surface area (Å²) in [6.45, 7) is 11.9. The third-order valence-corrected chi connectivity index (χ3v) is 6.88. The number of aromatic nitrogens is 2. The van der Waals surface area contributed by atoms with Gasteiger partial charge in [-0.15, -0.1) is 0 Å². The molecule has 1 saturated heterocycles. The lowest BCUT2D eigenvalue weighted by atomic mass is 10.1. The van der Waals surface area contributed by atoms with Gasteiger partial charge in [0.15, 0.2) is 23.1 Å². The van der Waals surface area contributed by atoms with Gasteiger partial charge < -0.3 is 27.0 Å². The molecule has 0 saturated carbocycles. The molecule has 0 spiro atoms. The summed E-state index contributed by atoms with van der Waals surface area (Å²) in [5.74, 6) is -1.87.